The van der Waals surface area contributed by atoms with E-state index in [1.54, 1.807) is 52.0 Å². The number of urea groups is 1. The van der Waals surface area contributed by atoms with Crippen molar-refractivity contribution >= 4 is 70.7 Å². The predicted molar refractivity (Wildman–Crippen MR) is 259 cm³/mol. The quantitative estimate of drug-likeness (QED) is 0.0279. The van der Waals surface area contributed by atoms with Crippen LogP contribution in [0.15, 0.2) is 36.4 Å². The summed E-state index contributed by atoms with van der Waals surface area (Å²) in [7, 11) is 0. The molecule has 0 saturated heterocycles. The van der Waals surface area contributed by atoms with Crippen molar-refractivity contribution in [3.05, 3.63) is 42.0 Å². The predicted octanol–water partition coefficient (Wildman–Crippen LogP) is 1.66. The molecule has 24 heteroatoms. The maximum atomic E-state index is 14.0. The zero-order chi connectivity index (χ0) is 54.3. The van der Waals surface area contributed by atoms with Gasteiger partial charge in [0.05, 0.1) is 77.4 Å². The number of carboxylic acid groups (broad SMARTS) is 2. The number of rotatable bonds is 40. The van der Waals surface area contributed by atoms with Crippen molar-refractivity contribution in [2.75, 3.05) is 71.3 Å². The van der Waals surface area contributed by atoms with Crippen LogP contribution in [-0.2, 0) is 78.2 Å². The summed E-state index contributed by atoms with van der Waals surface area (Å²) in [5, 5.41) is 29.2. The van der Waals surface area contributed by atoms with E-state index < -0.39 is 96.4 Å². The second-order valence-corrected chi connectivity index (χ2v) is 17.7. The minimum absolute atomic E-state index is 0.0244. The summed E-state index contributed by atoms with van der Waals surface area (Å²) < 4.78 is 26.9. The average molecular weight is 1030 g/mol. The molecule has 8 N–H and O–H groups in total. The fraction of sp³-hybridized carbons (Fsp3) is 0.612. The van der Waals surface area contributed by atoms with Gasteiger partial charge >= 0.3 is 23.9 Å². The van der Waals surface area contributed by atoms with Crippen LogP contribution in [0.1, 0.15) is 91.0 Å². The Kier molecular flexibility index (Phi) is 29.7. The Balaban J connectivity index is 1.98. The molecule has 0 unspecified atom stereocenters. The van der Waals surface area contributed by atoms with Crippen LogP contribution in [0.2, 0.25) is 0 Å². The first-order chi connectivity index (χ1) is 34.7. The normalized spacial score (nSPS) is 13.8. The number of carboxylic acids is 2. The van der Waals surface area contributed by atoms with E-state index in [1.807, 2.05) is 0 Å². The molecule has 0 spiro atoms. The van der Waals surface area contributed by atoms with E-state index in [1.165, 1.54) is 12.2 Å². The molecule has 73 heavy (non-hydrogen) atoms. The Morgan fingerprint density at radius 1 is 0.644 bits per heavy atom. The van der Waals surface area contributed by atoms with Gasteiger partial charge in [-0.1, -0.05) is 39.8 Å². The Bertz CT molecular complexity index is 2030. The fourth-order valence-electron chi connectivity index (χ4n) is 6.99. The van der Waals surface area contributed by atoms with E-state index in [0.717, 1.165) is 4.90 Å². The molecule has 1 aliphatic heterocycles. The van der Waals surface area contributed by atoms with Gasteiger partial charge in [0.2, 0.25) is 17.7 Å². The second kappa shape index (κ2) is 34.7. The highest BCUT2D eigenvalue weighted by atomic mass is 16.6. The first-order valence-electron chi connectivity index (χ1n) is 24.2. The number of aliphatic carboxylic acids is 2. The molecule has 0 aromatic heterocycles. The first-order valence-corrected chi connectivity index (χ1v) is 24.2. The van der Waals surface area contributed by atoms with Crippen LogP contribution in [0.5, 0.6) is 0 Å². The van der Waals surface area contributed by atoms with Gasteiger partial charge in [-0.05, 0) is 49.3 Å². The molecule has 2 rings (SSSR count). The number of Topliss-reactive ketones (excluding diaryl/α,β-unsaturated/α-hetero) is 2. The number of carbonyl (C=O) groups is 11. The van der Waals surface area contributed by atoms with Gasteiger partial charge in [-0.2, -0.15) is 0 Å². The van der Waals surface area contributed by atoms with Crippen molar-refractivity contribution in [3.63, 3.8) is 0 Å². The van der Waals surface area contributed by atoms with Crippen LogP contribution in [0, 0.1) is 23.7 Å². The molecule has 0 bridgehead atoms. The molecule has 24 nitrogen and oxygen atoms in total. The molecule has 0 aliphatic carbocycles. The van der Waals surface area contributed by atoms with Gasteiger partial charge < -0.3 is 60.9 Å². The number of nitrogens with zero attached hydrogens (tertiary/aromatic N) is 1. The van der Waals surface area contributed by atoms with Crippen LogP contribution < -0.4 is 27.0 Å². The van der Waals surface area contributed by atoms with Crippen LogP contribution in [0.25, 0.3) is 0 Å². The molecule has 7 amide bonds. The number of nitrogens with two attached hydrogens (primary N) is 1. The number of ketones is 2. The smallest absolute Gasteiger partial charge is 0.312 e. The number of hydrogen-bond acceptors (Lipinski definition) is 16. The SMILES string of the molecule is CC(C)C(=O)OCc1ccc(NC(=O)[C@H](CCCNC(N)=O)CC(=O)[C@@H](NC(=O)[C@H](CCC(=O)O)CC(=O)[C@H](CCC(=O)O)NC(=O)CCOCCOCCOCCOCCN2C(=O)C=CC2=O)C(C)C)cc1. The van der Waals surface area contributed by atoms with Crippen molar-refractivity contribution in [1.29, 1.82) is 0 Å². The van der Waals surface area contributed by atoms with Gasteiger partial charge in [-0.25, -0.2) is 4.79 Å². The third-order valence-electron chi connectivity index (χ3n) is 11.1. The van der Waals surface area contributed by atoms with E-state index in [9.17, 15) is 63.0 Å². The third kappa shape index (κ3) is 26.6. The minimum Gasteiger partial charge on any atom is -0.481 e. The first kappa shape index (κ1) is 62.5. The van der Waals surface area contributed by atoms with E-state index in [-0.39, 0.29) is 135 Å². The second-order valence-electron chi connectivity index (χ2n) is 17.7. The highest BCUT2D eigenvalue weighted by molar-refractivity contribution is 6.12. The number of anilines is 1. The van der Waals surface area contributed by atoms with Gasteiger partial charge in [0, 0.05) is 68.3 Å². The highest BCUT2D eigenvalue weighted by Gasteiger charge is 2.34. The van der Waals surface area contributed by atoms with E-state index >= 15 is 0 Å². The summed E-state index contributed by atoms with van der Waals surface area (Å²) in [6, 6.07) is 3.17. The summed E-state index contributed by atoms with van der Waals surface area (Å²) in [4.78, 5) is 139. The number of carbonyl (C=O) groups excluding carboxylic acids is 9. The molecule has 0 fully saturated rings. The van der Waals surface area contributed by atoms with Gasteiger partial charge in [0.1, 0.15) is 6.61 Å². The monoisotopic (exact) mass is 1030 g/mol. The van der Waals surface area contributed by atoms with Crippen molar-refractivity contribution in [3.8, 4) is 0 Å². The lowest BCUT2D eigenvalue weighted by Crippen LogP contribution is -2.49. The lowest BCUT2D eigenvalue weighted by atomic mass is 9.88. The molecule has 0 radical (unpaired) electrons. The molecule has 1 aliphatic rings. The third-order valence-corrected chi connectivity index (χ3v) is 11.1. The maximum absolute atomic E-state index is 14.0. The van der Waals surface area contributed by atoms with Crippen LogP contribution >= 0.6 is 0 Å². The number of hydrogen-bond donors (Lipinski definition) is 7. The maximum Gasteiger partial charge on any atom is 0.312 e. The number of nitrogens with one attached hydrogen (secondary N) is 4. The molecular formula is C49H72N6O18. The summed E-state index contributed by atoms with van der Waals surface area (Å²) in [5.41, 5.74) is 6.24. The number of primary amides is 1. The number of esters is 1. The molecule has 406 valence electrons. The van der Waals surface area contributed by atoms with Crippen molar-refractivity contribution in [2.45, 2.75) is 104 Å². The lowest BCUT2D eigenvalue weighted by Gasteiger charge is -2.27. The topological polar surface area (TPSA) is 352 Å². The van der Waals surface area contributed by atoms with Gasteiger partial charge in [0.25, 0.3) is 11.8 Å². The molecule has 1 aromatic rings. The molecule has 1 aromatic carbocycles. The molecular weight excluding hydrogens is 961 g/mol. The molecule has 1 heterocycles. The van der Waals surface area contributed by atoms with Crippen LogP contribution in [0.4, 0.5) is 10.5 Å². The van der Waals surface area contributed by atoms with E-state index in [0.29, 0.717) is 11.3 Å². The van der Waals surface area contributed by atoms with Crippen molar-refractivity contribution in [1.82, 2.24) is 20.9 Å². The standard InChI is InChI=1S/C49H72N6O18/c1-31(2)45(39(57)29-34(6-5-18-51-49(50)68)46(65)52-36-10-7-33(8-11-36)30-73-48(67)32(3)4)54-47(66)35(9-15-43(61)62)28-38(56)37(12-16-44(63)64)53-40(58)17-20-69-22-24-71-26-27-72-25-23-70-21-19-55-41(59)13-14-42(55)60/h7-8,10-11,13-14,31-32,34-35,37,45H,5-6,9,12,15-30H2,1-4H3,(H,52,65)(H,53,58)(H,54,66)(H,61,62)(H,63,64)(H3,50,51,68)/t34-,35-,37+,45+/m1/s1. The number of benzene rings is 1. The highest BCUT2D eigenvalue weighted by Crippen LogP contribution is 2.22. The summed E-state index contributed by atoms with van der Waals surface area (Å²) in [6.45, 7) is 8.32. The van der Waals surface area contributed by atoms with Gasteiger partial charge in [-0.3, -0.25) is 52.8 Å². The van der Waals surface area contributed by atoms with Crippen LogP contribution in [-0.4, -0.2) is 158 Å². The Labute approximate surface area is 424 Å². The van der Waals surface area contributed by atoms with Crippen molar-refractivity contribution < 1.29 is 86.6 Å². The number of ether oxygens (including phenoxy) is 5. The largest absolute Gasteiger partial charge is 0.481 e. The van der Waals surface area contributed by atoms with Crippen molar-refractivity contribution in [2.24, 2.45) is 29.4 Å². The zero-order valence-electron chi connectivity index (χ0n) is 42.0. The van der Waals surface area contributed by atoms with Gasteiger partial charge in [-0.15, -0.1) is 0 Å². The van der Waals surface area contributed by atoms with Gasteiger partial charge in [0.15, 0.2) is 11.6 Å². The van der Waals surface area contributed by atoms with E-state index in [2.05, 4.69) is 21.3 Å². The fourth-order valence-corrected chi connectivity index (χ4v) is 6.99. The number of imide groups is 1. The summed E-state index contributed by atoms with van der Waals surface area (Å²) >= 11 is 0. The molecule has 0 saturated carbocycles. The molecule has 4 atom stereocenters. The minimum atomic E-state index is -1.36. The van der Waals surface area contributed by atoms with E-state index in [4.69, 9.17) is 29.4 Å². The van der Waals surface area contributed by atoms with Crippen LogP contribution in [0.3, 0.4) is 0 Å². The zero-order valence-corrected chi connectivity index (χ0v) is 42.0. The summed E-state index contributed by atoms with van der Waals surface area (Å²) in [5.74, 6) is -10.1. The Hall–Kier alpha value is -6.63. The Morgan fingerprint density at radius 2 is 1.18 bits per heavy atom. The number of amides is 7. The summed E-state index contributed by atoms with van der Waals surface area (Å²) in [6.07, 6.45) is -0.172. The Morgan fingerprint density at radius 3 is 1.73 bits per heavy atom. The average Bonchev–Trinajstić information content (AvgIpc) is 3.65. The lowest BCUT2D eigenvalue weighted by molar-refractivity contribution is -0.148.